The van der Waals surface area contributed by atoms with Crippen molar-refractivity contribution < 1.29 is 9.18 Å². The van der Waals surface area contributed by atoms with E-state index in [0.29, 0.717) is 19.0 Å². The van der Waals surface area contributed by atoms with E-state index >= 15 is 0 Å². The van der Waals surface area contributed by atoms with Crippen LogP contribution in [0.4, 0.5) is 21.8 Å². The highest BCUT2D eigenvalue weighted by Gasteiger charge is 2.34. The van der Waals surface area contributed by atoms with Crippen molar-refractivity contribution in [2.45, 2.75) is 39.4 Å². The summed E-state index contributed by atoms with van der Waals surface area (Å²) in [6.45, 7) is 4.99. The molecule has 3 heterocycles. The Bertz CT molecular complexity index is 1100. The normalized spacial score (nSPS) is 15.9. The van der Waals surface area contributed by atoms with Crippen molar-refractivity contribution in [2.24, 2.45) is 0 Å². The second-order valence-electron chi connectivity index (χ2n) is 7.83. The highest BCUT2D eigenvalue weighted by Crippen LogP contribution is 2.35. The number of nitrogens with one attached hydrogen (secondary N) is 1. The number of aromatic nitrogens is 4. The molecule has 1 N–H and O–H groups in total. The molecule has 0 saturated carbocycles. The zero-order valence-electron chi connectivity index (χ0n) is 18.1. The zero-order chi connectivity index (χ0) is 22.1. The van der Waals surface area contributed by atoms with Gasteiger partial charge < -0.3 is 15.1 Å². The molecular weight excluding hydrogens is 397 g/mol. The molecule has 0 aliphatic carbocycles. The second kappa shape index (κ2) is 8.33. The van der Waals surface area contributed by atoms with E-state index in [1.54, 1.807) is 24.1 Å². The highest BCUT2D eigenvalue weighted by atomic mass is 19.1. The van der Waals surface area contributed by atoms with E-state index in [4.69, 9.17) is 0 Å². The van der Waals surface area contributed by atoms with Crippen LogP contribution in [0.15, 0.2) is 36.7 Å². The lowest BCUT2D eigenvalue weighted by atomic mass is 10.1. The Balaban J connectivity index is 1.41. The van der Waals surface area contributed by atoms with Crippen LogP contribution in [-0.2, 0) is 24.3 Å². The quantitative estimate of drug-likeness (QED) is 0.657. The average molecular weight is 423 g/mol. The predicted molar refractivity (Wildman–Crippen MR) is 118 cm³/mol. The van der Waals surface area contributed by atoms with Crippen molar-refractivity contribution in [3.63, 3.8) is 0 Å². The number of carbonyl (C=O) groups is 1. The summed E-state index contributed by atoms with van der Waals surface area (Å²) in [7, 11) is 3.63. The van der Waals surface area contributed by atoms with Gasteiger partial charge in [0.25, 0.3) is 0 Å². The van der Waals surface area contributed by atoms with Crippen LogP contribution in [0, 0.1) is 12.7 Å². The molecule has 162 valence electrons. The van der Waals surface area contributed by atoms with Gasteiger partial charge in [-0.2, -0.15) is 10.1 Å². The maximum Gasteiger partial charge on any atom is 0.249 e. The molecule has 9 heteroatoms. The van der Waals surface area contributed by atoms with Gasteiger partial charge in [-0.25, -0.2) is 9.37 Å². The van der Waals surface area contributed by atoms with E-state index in [1.807, 2.05) is 42.9 Å². The van der Waals surface area contributed by atoms with Crippen LogP contribution >= 0.6 is 0 Å². The summed E-state index contributed by atoms with van der Waals surface area (Å²) in [5, 5.41) is 7.66. The summed E-state index contributed by atoms with van der Waals surface area (Å²) in [5.41, 5.74) is 3.56. The molecule has 2 aromatic heterocycles. The molecule has 0 unspecified atom stereocenters. The lowest BCUT2D eigenvalue weighted by Gasteiger charge is -2.37. The van der Waals surface area contributed by atoms with Crippen LogP contribution in [0.5, 0.6) is 0 Å². The summed E-state index contributed by atoms with van der Waals surface area (Å²) < 4.78 is 14.9. The second-order valence-corrected chi connectivity index (χ2v) is 7.83. The lowest BCUT2D eigenvalue weighted by Crippen LogP contribution is -2.49. The van der Waals surface area contributed by atoms with E-state index in [2.05, 4.69) is 20.4 Å². The molecular formula is C22H26FN7O. The Kier molecular flexibility index (Phi) is 5.58. The first kappa shape index (κ1) is 20.8. The smallest absolute Gasteiger partial charge is 0.249 e. The number of hydrogen-bond donors (Lipinski definition) is 1. The van der Waals surface area contributed by atoms with Crippen molar-refractivity contribution in [3.8, 4) is 0 Å². The van der Waals surface area contributed by atoms with E-state index < -0.39 is 0 Å². The predicted octanol–water partition coefficient (Wildman–Crippen LogP) is 2.78. The van der Waals surface area contributed by atoms with Gasteiger partial charge in [-0.05, 0) is 38.0 Å². The number of rotatable bonds is 6. The van der Waals surface area contributed by atoms with Crippen LogP contribution < -0.4 is 15.1 Å². The first-order valence-corrected chi connectivity index (χ1v) is 10.2. The number of halogens is 1. The number of benzene rings is 1. The molecule has 0 fully saturated rings. The lowest BCUT2D eigenvalue weighted by molar-refractivity contribution is -0.119. The molecule has 0 saturated heterocycles. The molecule has 1 atom stereocenters. The fourth-order valence-electron chi connectivity index (χ4n) is 3.70. The van der Waals surface area contributed by atoms with Gasteiger partial charge in [0.15, 0.2) is 5.82 Å². The Morgan fingerprint density at radius 3 is 2.61 bits per heavy atom. The van der Waals surface area contributed by atoms with Gasteiger partial charge in [0, 0.05) is 38.9 Å². The van der Waals surface area contributed by atoms with Gasteiger partial charge in [-0.1, -0.05) is 12.1 Å². The molecule has 4 rings (SSSR count). The first-order valence-electron chi connectivity index (χ1n) is 10.2. The monoisotopic (exact) mass is 423 g/mol. The van der Waals surface area contributed by atoms with Crippen molar-refractivity contribution in [1.29, 1.82) is 0 Å². The van der Waals surface area contributed by atoms with Crippen LogP contribution in [-0.4, -0.2) is 45.8 Å². The molecule has 1 amide bonds. The summed E-state index contributed by atoms with van der Waals surface area (Å²) in [5.74, 6) is 1.04. The van der Waals surface area contributed by atoms with Crippen LogP contribution in [0.3, 0.4) is 0 Å². The number of amides is 1. The van der Waals surface area contributed by atoms with Gasteiger partial charge in [0.2, 0.25) is 11.9 Å². The Labute approximate surface area is 180 Å². The maximum absolute atomic E-state index is 13.0. The third kappa shape index (κ3) is 4.21. The maximum atomic E-state index is 13.0. The van der Waals surface area contributed by atoms with Gasteiger partial charge in [0.1, 0.15) is 17.5 Å². The average Bonchev–Trinajstić information content (AvgIpc) is 3.22. The largest absolute Gasteiger partial charge is 0.350 e. The molecule has 8 nitrogen and oxygen atoms in total. The Morgan fingerprint density at radius 2 is 1.87 bits per heavy atom. The molecule has 0 spiro atoms. The molecule has 1 aliphatic rings. The molecule has 0 bridgehead atoms. The van der Waals surface area contributed by atoms with E-state index in [1.165, 1.54) is 12.1 Å². The summed E-state index contributed by atoms with van der Waals surface area (Å²) in [4.78, 5) is 25.1. The van der Waals surface area contributed by atoms with E-state index in [9.17, 15) is 9.18 Å². The number of carbonyl (C=O) groups excluding carboxylic acids is 1. The zero-order valence-corrected chi connectivity index (χ0v) is 18.1. The van der Waals surface area contributed by atoms with E-state index in [0.717, 1.165) is 34.7 Å². The summed E-state index contributed by atoms with van der Waals surface area (Å²) in [6.07, 6.45) is 4.56. The van der Waals surface area contributed by atoms with Gasteiger partial charge in [-0.15, -0.1) is 0 Å². The van der Waals surface area contributed by atoms with Crippen molar-refractivity contribution in [2.75, 3.05) is 29.2 Å². The van der Waals surface area contributed by atoms with Crippen molar-refractivity contribution >= 4 is 23.4 Å². The number of hydrogen-bond acceptors (Lipinski definition) is 6. The topological polar surface area (TPSA) is 79.2 Å². The van der Waals surface area contributed by atoms with E-state index in [-0.39, 0.29) is 17.8 Å². The van der Waals surface area contributed by atoms with Gasteiger partial charge >= 0.3 is 0 Å². The van der Waals surface area contributed by atoms with Gasteiger partial charge in [0.05, 0.1) is 11.9 Å². The SMILES string of the molecule is Cc1nc(NCc2cnn(CCc3ccc(F)cc3)c2)nc2c1N(C)C(=O)[C@H](C)N2C. The Morgan fingerprint density at radius 1 is 1.13 bits per heavy atom. The molecule has 31 heavy (non-hydrogen) atoms. The molecule has 0 radical (unpaired) electrons. The van der Waals surface area contributed by atoms with Crippen LogP contribution in [0.2, 0.25) is 0 Å². The van der Waals surface area contributed by atoms with Crippen LogP contribution in [0.1, 0.15) is 23.7 Å². The first-order chi connectivity index (χ1) is 14.8. The number of anilines is 3. The fourth-order valence-corrected chi connectivity index (χ4v) is 3.70. The fraction of sp³-hybridized carbons (Fsp3) is 0.364. The standard InChI is InChI=1S/C22H26FN7O/c1-14-19-20(28(3)15(2)21(31)29(19)4)27-22(26-14)24-11-17-12-25-30(13-17)10-9-16-5-7-18(23)8-6-16/h5-8,12-13,15H,9-11H2,1-4H3,(H,24,26,27)/t15-/m0/s1. The third-order valence-corrected chi connectivity index (χ3v) is 5.66. The molecule has 1 aromatic carbocycles. The number of nitrogens with zero attached hydrogens (tertiary/aromatic N) is 6. The van der Waals surface area contributed by atoms with Crippen LogP contribution in [0.25, 0.3) is 0 Å². The summed E-state index contributed by atoms with van der Waals surface area (Å²) in [6, 6.07) is 6.25. The van der Waals surface area contributed by atoms with Crippen molar-refractivity contribution in [3.05, 3.63) is 59.3 Å². The minimum absolute atomic E-state index is 0.0236. The number of likely N-dealkylation sites (N-methyl/N-ethyl adjacent to an activating group) is 2. The van der Waals surface area contributed by atoms with Crippen molar-refractivity contribution in [1.82, 2.24) is 19.7 Å². The van der Waals surface area contributed by atoms with Gasteiger partial charge in [-0.3, -0.25) is 9.48 Å². The minimum Gasteiger partial charge on any atom is -0.350 e. The minimum atomic E-state index is -0.279. The molecule has 1 aliphatic heterocycles. The summed E-state index contributed by atoms with van der Waals surface area (Å²) >= 11 is 0. The number of fused-ring (bicyclic) bond motifs is 1. The molecule has 3 aromatic rings. The number of aryl methyl sites for hydroxylation is 3. The highest BCUT2D eigenvalue weighted by molar-refractivity contribution is 6.04. The third-order valence-electron chi connectivity index (χ3n) is 5.66. The Hall–Kier alpha value is -3.49.